The second-order valence-corrected chi connectivity index (χ2v) is 9.15. The summed E-state index contributed by atoms with van der Waals surface area (Å²) in [7, 11) is 0. The number of nitrogens with zero attached hydrogens (tertiary/aromatic N) is 2. The lowest BCUT2D eigenvalue weighted by atomic mass is 9.64. The maximum Gasteiger partial charge on any atom is 0.238 e. The summed E-state index contributed by atoms with van der Waals surface area (Å²) in [5, 5.41) is 0. The van der Waals surface area contributed by atoms with Gasteiger partial charge < -0.3 is 4.90 Å². The third kappa shape index (κ3) is 3.04. The van der Waals surface area contributed by atoms with Crippen molar-refractivity contribution in [3.63, 3.8) is 0 Å². The molecule has 3 aromatic rings. The lowest BCUT2D eigenvalue weighted by molar-refractivity contribution is -0.135. The molecule has 0 bridgehead atoms. The number of amides is 3. The van der Waals surface area contributed by atoms with Gasteiger partial charge in [-0.3, -0.25) is 19.3 Å². The van der Waals surface area contributed by atoms with E-state index in [0.717, 1.165) is 11.3 Å². The summed E-state index contributed by atoms with van der Waals surface area (Å²) >= 11 is 0. The number of anilines is 2. The highest BCUT2D eigenvalue weighted by atomic mass is 16.2. The highest BCUT2D eigenvalue weighted by Crippen LogP contribution is 2.53. The van der Waals surface area contributed by atoms with Crippen LogP contribution in [0.3, 0.4) is 0 Å². The van der Waals surface area contributed by atoms with E-state index in [9.17, 15) is 14.4 Å². The molecule has 6 rings (SSSR count). The minimum Gasteiger partial charge on any atom is -0.304 e. The van der Waals surface area contributed by atoms with Crippen molar-refractivity contribution in [1.82, 2.24) is 0 Å². The molecule has 2 aliphatic heterocycles. The van der Waals surface area contributed by atoms with Crippen LogP contribution in [0, 0.1) is 23.7 Å². The fourth-order valence-corrected chi connectivity index (χ4v) is 5.88. The molecule has 0 aromatic heterocycles. The van der Waals surface area contributed by atoms with Gasteiger partial charge >= 0.3 is 0 Å². The van der Waals surface area contributed by atoms with Crippen molar-refractivity contribution >= 4 is 29.1 Å². The zero-order valence-electron chi connectivity index (χ0n) is 18.5. The van der Waals surface area contributed by atoms with Crippen LogP contribution in [-0.2, 0) is 14.4 Å². The number of hydrogen-bond donors (Lipinski definition) is 0. The van der Waals surface area contributed by atoms with Gasteiger partial charge in [0.2, 0.25) is 17.7 Å². The van der Waals surface area contributed by atoms with Gasteiger partial charge in [-0.05, 0) is 36.2 Å². The number of para-hydroxylation sites is 2. The molecule has 0 N–H and O–H groups in total. The third-order valence-corrected chi connectivity index (χ3v) is 7.39. The Morgan fingerprint density at radius 1 is 0.618 bits per heavy atom. The van der Waals surface area contributed by atoms with Gasteiger partial charge in [0.15, 0.2) is 0 Å². The quantitative estimate of drug-likeness (QED) is 0.328. The monoisotopic (exact) mass is 448 g/mol. The van der Waals surface area contributed by atoms with Crippen LogP contribution in [0.25, 0.3) is 0 Å². The van der Waals surface area contributed by atoms with Crippen LogP contribution in [0.4, 0.5) is 11.4 Å². The lowest BCUT2D eigenvalue weighted by Crippen LogP contribution is -2.59. The Kier molecular flexibility index (Phi) is 4.91. The number of imide groups is 1. The van der Waals surface area contributed by atoms with Gasteiger partial charge in [-0.15, -0.1) is 0 Å². The van der Waals surface area contributed by atoms with Crippen LogP contribution in [0.1, 0.15) is 18.0 Å². The maximum absolute atomic E-state index is 13.7. The summed E-state index contributed by atoms with van der Waals surface area (Å²) in [4.78, 5) is 43.8. The highest BCUT2D eigenvalue weighted by Gasteiger charge is 2.60. The van der Waals surface area contributed by atoms with E-state index in [2.05, 4.69) is 0 Å². The predicted molar refractivity (Wildman–Crippen MR) is 130 cm³/mol. The van der Waals surface area contributed by atoms with Crippen LogP contribution in [0.5, 0.6) is 0 Å². The zero-order valence-corrected chi connectivity index (χ0v) is 18.5. The molecule has 34 heavy (non-hydrogen) atoms. The number of allylic oxidation sites excluding steroid dienone is 2. The predicted octanol–water partition coefficient (Wildman–Crippen LogP) is 4.77. The summed E-state index contributed by atoms with van der Waals surface area (Å²) in [5.41, 5.74) is 2.47. The molecule has 0 radical (unpaired) electrons. The molecular formula is C29H24N2O3. The van der Waals surface area contributed by atoms with Crippen LogP contribution in [0.15, 0.2) is 103 Å². The first-order valence-electron chi connectivity index (χ1n) is 11.7. The Morgan fingerprint density at radius 3 is 1.85 bits per heavy atom. The van der Waals surface area contributed by atoms with E-state index in [1.165, 1.54) is 4.90 Å². The first-order valence-corrected chi connectivity index (χ1v) is 11.7. The number of benzene rings is 3. The number of fused-ring (bicyclic) bond motifs is 1. The summed E-state index contributed by atoms with van der Waals surface area (Å²) in [5.74, 6) is -2.07. The van der Waals surface area contributed by atoms with Crippen molar-refractivity contribution in [3.8, 4) is 0 Å². The van der Waals surface area contributed by atoms with Crippen LogP contribution in [-0.4, -0.2) is 17.7 Å². The van der Waals surface area contributed by atoms with Crippen molar-refractivity contribution in [2.45, 2.75) is 12.5 Å². The van der Waals surface area contributed by atoms with Crippen molar-refractivity contribution < 1.29 is 14.4 Å². The van der Waals surface area contributed by atoms with E-state index in [1.54, 1.807) is 12.1 Å². The Morgan fingerprint density at radius 2 is 1.21 bits per heavy atom. The highest BCUT2D eigenvalue weighted by molar-refractivity contribution is 6.22. The van der Waals surface area contributed by atoms with Crippen molar-refractivity contribution in [2.24, 2.45) is 23.7 Å². The molecule has 0 saturated carbocycles. The second-order valence-electron chi connectivity index (χ2n) is 9.15. The molecule has 5 atom stereocenters. The minimum atomic E-state index is -0.532. The Labute approximate surface area is 198 Å². The van der Waals surface area contributed by atoms with Crippen LogP contribution in [0.2, 0.25) is 0 Å². The number of carbonyl (C=O) groups is 3. The van der Waals surface area contributed by atoms with E-state index in [1.807, 2.05) is 95.9 Å². The van der Waals surface area contributed by atoms with Gasteiger partial charge in [0, 0.05) is 11.6 Å². The number of carbonyl (C=O) groups excluding carboxylic acids is 3. The lowest BCUT2D eigenvalue weighted by Gasteiger charge is -2.51. The molecule has 2 fully saturated rings. The number of β-lactam (4-membered cyclic amide) rings is 1. The average Bonchev–Trinajstić information content (AvgIpc) is 3.14. The molecule has 2 saturated heterocycles. The summed E-state index contributed by atoms with van der Waals surface area (Å²) in [6, 6.07) is 28.5. The normalized spacial score (nSPS) is 28.1. The van der Waals surface area contributed by atoms with Gasteiger partial charge in [-0.1, -0.05) is 78.9 Å². The SMILES string of the molecule is O=C1[C@H]2[C@H]([C@@H]3C(=O)N(c4ccccc4)[C@H]3c3ccccc3)C=CC[C@H]2C(=O)N1c1ccccc1. The maximum atomic E-state index is 13.7. The molecule has 0 spiro atoms. The first-order chi connectivity index (χ1) is 16.7. The molecule has 0 unspecified atom stereocenters. The Balaban J connectivity index is 1.39. The van der Waals surface area contributed by atoms with Crippen LogP contribution < -0.4 is 9.80 Å². The third-order valence-electron chi connectivity index (χ3n) is 7.39. The van der Waals surface area contributed by atoms with Gasteiger partial charge in [0.25, 0.3) is 0 Å². The van der Waals surface area contributed by atoms with E-state index < -0.39 is 17.8 Å². The summed E-state index contributed by atoms with van der Waals surface area (Å²) in [6.07, 6.45) is 4.50. The smallest absolute Gasteiger partial charge is 0.238 e. The largest absolute Gasteiger partial charge is 0.304 e. The van der Waals surface area contributed by atoms with E-state index in [-0.39, 0.29) is 29.7 Å². The van der Waals surface area contributed by atoms with Gasteiger partial charge in [0.1, 0.15) is 0 Å². The Bertz CT molecular complexity index is 1270. The summed E-state index contributed by atoms with van der Waals surface area (Å²) in [6.45, 7) is 0. The molecule has 5 nitrogen and oxygen atoms in total. The molecule has 3 aromatic carbocycles. The van der Waals surface area contributed by atoms with E-state index in [4.69, 9.17) is 0 Å². The average molecular weight is 449 g/mol. The van der Waals surface area contributed by atoms with Gasteiger partial charge in [-0.2, -0.15) is 0 Å². The molecule has 3 amide bonds. The Hall–Kier alpha value is -3.99. The van der Waals surface area contributed by atoms with E-state index in [0.29, 0.717) is 12.1 Å². The van der Waals surface area contributed by atoms with Crippen molar-refractivity contribution in [2.75, 3.05) is 9.80 Å². The number of rotatable bonds is 4. The number of hydrogen-bond acceptors (Lipinski definition) is 3. The fourth-order valence-electron chi connectivity index (χ4n) is 5.88. The first kappa shape index (κ1) is 20.6. The minimum absolute atomic E-state index is 0.00577. The molecule has 3 aliphatic rings. The molecule has 2 heterocycles. The molecular weight excluding hydrogens is 424 g/mol. The fraction of sp³-hybridized carbons (Fsp3) is 0.207. The van der Waals surface area contributed by atoms with E-state index >= 15 is 0 Å². The molecule has 5 heteroatoms. The standard InChI is InChI=1S/C29H24N2O3/c32-27-23-18-10-17-22(24(23)28(33)31(27)21-15-8-3-9-16-21)25-26(19-11-4-1-5-12-19)30(29(25)34)20-13-6-2-7-14-20/h1-17,22-26H,18H2/t22-,23-,24+,25+,26+/m1/s1. The van der Waals surface area contributed by atoms with Crippen LogP contribution >= 0.6 is 0 Å². The molecule has 168 valence electrons. The van der Waals surface area contributed by atoms with Gasteiger partial charge in [-0.25, -0.2) is 0 Å². The topological polar surface area (TPSA) is 57.7 Å². The zero-order chi connectivity index (χ0) is 23.2. The summed E-state index contributed by atoms with van der Waals surface area (Å²) < 4.78 is 0. The van der Waals surface area contributed by atoms with Gasteiger partial charge in [0.05, 0.1) is 29.5 Å². The van der Waals surface area contributed by atoms with Crippen molar-refractivity contribution in [1.29, 1.82) is 0 Å². The van der Waals surface area contributed by atoms with Crippen molar-refractivity contribution in [3.05, 3.63) is 109 Å². The second kappa shape index (κ2) is 8.10. The molecule has 1 aliphatic carbocycles.